The topological polar surface area (TPSA) is 282 Å². The predicted molar refractivity (Wildman–Crippen MR) is 245 cm³/mol. The molecule has 0 saturated carbocycles. The standard InChI is InChI=1S/C25H29N5O5S.C20H27N5O4/c1-15-21(16(2)29-25(28-15)26-11-5-8-17-7-4-9-18(31)13-17)23(33)30-19(24(34)35-3)14-27-22(32)20-10-6-12-36-20;1-12-17(18(27)25-16(11-21)19(28)29-3)13(2)24-20(23-12)22-9-5-7-14-6-4-8-15(26)10-14/h4,6-7,9-10,12-13,19,31H,5,8,11,14H2,1-3H3,(H,27,32)(H,30,33)(H,26,28,29);4,6,8,10,16,26H,5,7,9,11,21H2,1-3H3,(H,25,27)(H,22,23,24)/t19-;16-/m00/s1. The molecule has 0 unspecified atom stereocenters. The van der Waals surface area contributed by atoms with Gasteiger partial charge in [-0.1, -0.05) is 30.3 Å². The van der Waals surface area contributed by atoms with E-state index in [0.717, 1.165) is 36.8 Å². The summed E-state index contributed by atoms with van der Waals surface area (Å²) in [6.07, 6.45) is 3.20. The maximum absolute atomic E-state index is 13.0. The molecule has 3 amide bonds. The zero-order valence-electron chi connectivity index (χ0n) is 37.2. The number of methoxy groups -OCH3 is 2. The highest BCUT2D eigenvalue weighted by Gasteiger charge is 2.26. The van der Waals surface area contributed by atoms with Crippen LogP contribution < -0.4 is 32.3 Å². The number of nitrogens with zero attached hydrogens (tertiary/aromatic N) is 4. The number of thiophene rings is 1. The second-order valence-corrected chi connectivity index (χ2v) is 15.6. The van der Waals surface area contributed by atoms with Gasteiger partial charge in [0, 0.05) is 26.2 Å². The van der Waals surface area contributed by atoms with Crippen LogP contribution in [0.3, 0.4) is 0 Å². The first-order valence-corrected chi connectivity index (χ1v) is 21.5. The van der Waals surface area contributed by atoms with E-state index in [4.69, 9.17) is 10.5 Å². The molecule has 65 heavy (non-hydrogen) atoms. The third kappa shape index (κ3) is 15.5. The highest BCUT2D eigenvalue weighted by molar-refractivity contribution is 7.12. The molecule has 0 aliphatic heterocycles. The largest absolute Gasteiger partial charge is 0.508 e. The van der Waals surface area contributed by atoms with E-state index in [1.54, 1.807) is 75.5 Å². The summed E-state index contributed by atoms with van der Waals surface area (Å²) >= 11 is 1.27. The summed E-state index contributed by atoms with van der Waals surface area (Å²) in [5, 5.41) is 34.9. The average molecular weight is 913 g/mol. The minimum Gasteiger partial charge on any atom is -0.508 e. The van der Waals surface area contributed by atoms with E-state index in [0.29, 0.717) is 58.2 Å². The Labute approximate surface area is 381 Å². The Morgan fingerprint density at radius 3 is 1.49 bits per heavy atom. The first-order valence-electron chi connectivity index (χ1n) is 20.7. The number of esters is 2. The maximum Gasteiger partial charge on any atom is 0.330 e. The number of benzene rings is 2. The smallest absolute Gasteiger partial charge is 0.330 e. The van der Waals surface area contributed by atoms with Crippen molar-refractivity contribution in [2.24, 2.45) is 5.73 Å². The highest BCUT2D eigenvalue weighted by atomic mass is 32.1. The first-order chi connectivity index (χ1) is 31.1. The van der Waals surface area contributed by atoms with Crippen molar-refractivity contribution in [3.05, 3.63) is 116 Å². The molecule has 0 radical (unpaired) electrons. The number of ether oxygens (including phenoxy) is 2. The normalized spacial score (nSPS) is 11.5. The number of nitrogens with one attached hydrogen (secondary N) is 5. The minimum absolute atomic E-state index is 0.0732. The average Bonchev–Trinajstić information content (AvgIpc) is 3.82. The number of rotatable bonds is 20. The van der Waals surface area contributed by atoms with E-state index in [1.165, 1.54) is 25.6 Å². The fraction of sp³-hybridized carbons (Fsp3) is 0.356. The molecule has 0 saturated heterocycles. The summed E-state index contributed by atoms with van der Waals surface area (Å²) in [7, 11) is 2.45. The van der Waals surface area contributed by atoms with Crippen LogP contribution >= 0.6 is 11.3 Å². The molecule has 2 atom stereocenters. The summed E-state index contributed by atoms with van der Waals surface area (Å²) in [5.41, 5.74) is 10.0. The number of phenolic OH excluding ortho intramolecular Hbond substituents is 2. The van der Waals surface area contributed by atoms with Gasteiger partial charge in [0.05, 0.1) is 53.0 Å². The SMILES string of the molecule is COC(=O)[C@H](CN)NC(=O)c1c(C)nc(NCCCc2cccc(O)c2)nc1C.COC(=O)[C@H](CNC(=O)c1cccs1)NC(=O)c1c(C)nc(NCCCc2cccc(O)c2)nc1C. The Morgan fingerprint density at radius 2 is 1.09 bits per heavy atom. The second-order valence-electron chi connectivity index (χ2n) is 14.6. The van der Waals surface area contributed by atoms with E-state index >= 15 is 0 Å². The molecule has 346 valence electrons. The summed E-state index contributed by atoms with van der Waals surface area (Å²) in [5.74, 6) is -1.34. The van der Waals surface area contributed by atoms with Crippen molar-refractivity contribution < 1.29 is 43.7 Å². The quantitative estimate of drug-likeness (QED) is 0.0408. The van der Waals surface area contributed by atoms with Gasteiger partial charge >= 0.3 is 11.9 Å². The van der Waals surface area contributed by atoms with E-state index in [9.17, 15) is 34.2 Å². The van der Waals surface area contributed by atoms with Crippen LogP contribution in [0.1, 0.15) is 77.1 Å². The zero-order chi connectivity index (χ0) is 47.5. The van der Waals surface area contributed by atoms with Crippen molar-refractivity contribution in [1.29, 1.82) is 0 Å². The van der Waals surface area contributed by atoms with Crippen LogP contribution in [0.4, 0.5) is 11.9 Å². The molecule has 5 aromatic rings. The highest BCUT2D eigenvalue weighted by Crippen LogP contribution is 2.17. The van der Waals surface area contributed by atoms with Crippen LogP contribution in [0.25, 0.3) is 0 Å². The number of nitrogens with two attached hydrogens (primary N) is 1. The summed E-state index contributed by atoms with van der Waals surface area (Å²) < 4.78 is 9.41. The maximum atomic E-state index is 13.0. The van der Waals surface area contributed by atoms with Gasteiger partial charge < -0.3 is 52.0 Å². The molecule has 19 nitrogen and oxygen atoms in total. The number of carbonyl (C=O) groups is 5. The molecule has 2 aromatic carbocycles. The van der Waals surface area contributed by atoms with Crippen molar-refractivity contribution in [2.45, 2.75) is 65.5 Å². The molecular weight excluding hydrogens is 857 g/mol. The van der Waals surface area contributed by atoms with Crippen molar-refractivity contribution in [1.82, 2.24) is 35.9 Å². The number of amides is 3. The number of hydrogen-bond acceptors (Lipinski definition) is 17. The van der Waals surface area contributed by atoms with E-state index in [1.807, 2.05) is 18.2 Å². The monoisotopic (exact) mass is 912 g/mol. The first kappa shape index (κ1) is 50.5. The summed E-state index contributed by atoms with van der Waals surface area (Å²) in [4.78, 5) is 79.6. The van der Waals surface area contributed by atoms with Gasteiger partial charge in [-0.15, -0.1) is 11.3 Å². The van der Waals surface area contributed by atoms with Crippen LogP contribution in [0.15, 0.2) is 66.0 Å². The van der Waals surface area contributed by atoms with Gasteiger partial charge in [-0.25, -0.2) is 29.5 Å². The van der Waals surface area contributed by atoms with Crippen molar-refractivity contribution in [3.63, 3.8) is 0 Å². The molecule has 0 fully saturated rings. The minimum atomic E-state index is -1.08. The van der Waals surface area contributed by atoms with E-state index in [2.05, 4.69) is 51.3 Å². The molecule has 3 aromatic heterocycles. The van der Waals surface area contributed by atoms with E-state index in [-0.39, 0.29) is 36.1 Å². The van der Waals surface area contributed by atoms with Gasteiger partial charge in [0.1, 0.15) is 23.6 Å². The third-order valence-corrected chi connectivity index (χ3v) is 10.6. The summed E-state index contributed by atoms with van der Waals surface area (Å²) in [6, 6.07) is 15.7. The predicted octanol–water partition coefficient (Wildman–Crippen LogP) is 3.68. The van der Waals surface area contributed by atoms with Gasteiger partial charge in [-0.3, -0.25) is 14.4 Å². The van der Waals surface area contributed by atoms with Gasteiger partial charge in [-0.05, 0) is 100 Å². The molecule has 0 aliphatic rings. The lowest BCUT2D eigenvalue weighted by molar-refractivity contribution is -0.143. The van der Waals surface area contributed by atoms with Crippen LogP contribution in [0, 0.1) is 27.7 Å². The third-order valence-electron chi connectivity index (χ3n) is 9.70. The number of aromatic hydroxyl groups is 2. The van der Waals surface area contributed by atoms with Crippen LogP contribution in [0.2, 0.25) is 0 Å². The van der Waals surface area contributed by atoms with Crippen LogP contribution in [-0.2, 0) is 31.9 Å². The molecule has 5 rings (SSSR count). The van der Waals surface area contributed by atoms with Gasteiger partial charge in [0.25, 0.3) is 17.7 Å². The Hall–Kier alpha value is -7.19. The van der Waals surface area contributed by atoms with Crippen LogP contribution in [0.5, 0.6) is 11.5 Å². The number of hydrogen-bond donors (Lipinski definition) is 8. The lowest BCUT2D eigenvalue weighted by Crippen LogP contribution is -2.49. The molecule has 0 bridgehead atoms. The zero-order valence-corrected chi connectivity index (χ0v) is 38.0. The van der Waals surface area contributed by atoms with Gasteiger partial charge in [-0.2, -0.15) is 0 Å². The van der Waals surface area contributed by atoms with Crippen molar-refractivity contribution in [3.8, 4) is 11.5 Å². The second kappa shape index (κ2) is 25.2. The molecule has 0 aliphatic carbocycles. The number of anilines is 2. The number of aromatic nitrogens is 4. The molecular formula is C45H56N10O9S. The number of aryl methyl sites for hydroxylation is 6. The molecule has 0 spiro atoms. The fourth-order valence-electron chi connectivity index (χ4n) is 6.50. The Balaban J connectivity index is 0.000000292. The molecule has 20 heteroatoms. The Bertz CT molecular complexity index is 2370. The van der Waals surface area contributed by atoms with E-state index < -0.39 is 35.8 Å². The Kier molecular flexibility index (Phi) is 19.6. The van der Waals surface area contributed by atoms with Gasteiger partial charge in [0.15, 0.2) is 0 Å². The van der Waals surface area contributed by atoms with Crippen molar-refractivity contribution in [2.75, 3.05) is 51.0 Å². The summed E-state index contributed by atoms with van der Waals surface area (Å²) in [6.45, 7) is 7.82. The van der Waals surface area contributed by atoms with Gasteiger partial charge in [0.2, 0.25) is 11.9 Å². The van der Waals surface area contributed by atoms with Crippen molar-refractivity contribution >= 4 is 52.9 Å². The lowest BCUT2D eigenvalue weighted by Gasteiger charge is -2.18. The molecule has 9 N–H and O–H groups in total. The number of phenols is 2. The fourth-order valence-corrected chi connectivity index (χ4v) is 7.14. The lowest BCUT2D eigenvalue weighted by atomic mass is 10.1. The number of carbonyl (C=O) groups excluding carboxylic acids is 5. The Morgan fingerprint density at radius 1 is 0.646 bits per heavy atom. The van der Waals surface area contributed by atoms with Crippen LogP contribution in [-0.4, -0.2) is 112 Å². The molecule has 3 heterocycles.